The first-order valence-electron chi connectivity index (χ1n) is 9.18. The van der Waals surface area contributed by atoms with Crippen molar-refractivity contribution in [3.05, 3.63) is 34.4 Å². The van der Waals surface area contributed by atoms with E-state index in [-0.39, 0.29) is 6.54 Å². The van der Waals surface area contributed by atoms with Crippen LogP contribution in [-0.2, 0) is 11.3 Å². The first-order chi connectivity index (χ1) is 11.4. The van der Waals surface area contributed by atoms with Crippen molar-refractivity contribution in [1.29, 1.82) is 0 Å². The zero-order valence-corrected chi connectivity index (χ0v) is 15.1. The number of aryl methyl sites for hydroxylation is 3. The molecule has 0 heterocycles. The van der Waals surface area contributed by atoms with Crippen molar-refractivity contribution >= 4 is 5.97 Å². The number of benzene rings is 1. The Morgan fingerprint density at radius 3 is 2.46 bits per heavy atom. The highest BCUT2D eigenvalue weighted by molar-refractivity contribution is 5.69. The van der Waals surface area contributed by atoms with Gasteiger partial charge in [0.1, 0.15) is 0 Å². The number of nitrogens with zero attached hydrogens (tertiary/aromatic N) is 1. The van der Waals surface area contributed by atoms with Crippen LogP contribution < -0.4 is 5.32 Å². The highest BCUT2D eigenvalue weighted by Gasteiger charge is 2.36. The predicted molar refractivity (Wildman–Crippen MR) is 96.2 cm³/mol. The smallest absolute Gasteiger partial charge is 0.317 e. The Hall–Kier alpha value is -1.39. The zero-order chi connectivity index (χ0) is 17.3. The predicted octanol–water partition coefficient (Wildman–Crippen LogP) is 3.03. The Balaban J connectivity index is 1.47. The molecule has 0 aromatic heterocycles. The maximum Gasteiger partial charge on any atom is 0.317 e. The summed E-state index contributed by atoms with van der Waals surface area (Å²) in [5.41, 5.74) is 5.43. The lowest BCUT2D eigenvalue weighted by Crippen LogP contribution is -2.54. The fraction of sp³-hybridized carbons (Fsp3) is 0.650. The first kappa shape index (κ1) is 17.4. The van der Waals surface area contributed by atoms with Gasteiger partial charge in [0.25, 0.3) is 0 Å². The average Bonchev–Trinajstić information content (AvgIpc) is 3.25. The van der Waals surface area contributed by atoms with Crippen molar-refractivity contribution in [2.24, 2.45) is 5.92 Å². The zero-order valence-electron chi connectivity index (χ0n) is 15.1. The molecule has 4 heteroatoms. The van der Waals surface area contributed by atoms with Crippen molar-refractivity contribution in [3.8, 4) is 0 Å². The van der Waals surface area contributed by atoms with Gasteiger partial charge in [0, 0.05) is 25.2 Å². The van der Waals surface area contributed by atoms with E-state index in [9.17, 15) is 4.79 Å². The Bertz CT molecular complexity index is 604. The minimum Gasteiger partial charge on any atom is -0.480 e. The van der Waals surface area contributed by atoms with Gasteiger partial charge in [0.05, 0.1) is 6.54 Å². The van der Waals surface area contributed by atoms with Gasteiger partial charge < -0.3 is 10.4 Å². The molecule has 0 saturated heterocycles. The molecule has 2 aliphatic rings. The number of rotatable bonds is 8. The molecule has 0 radical (unpaired) electrons. The van der Waals surface area contributed by atoms with Gasteiger partial charge in [0.15, 0.2) is 0 Å². The van der Waals surface area contributed by atoms with E-state index in [2.05, 4.69) is 43.1 Å². The van der Waals surface area contributed by atoms with E-state index in [0.29, 0.717) is 12.1 Å². The average molecular weight is 330 g/mol. The fourth-order valence-corrected chi connectivity index (χ4v) is 3.67. The Kier molecular flexibility index (Phi) is 5.26. The van der Waals surface area contributed by atoms with E-state index < -0.39 is 5.97 Å². The molecule has 3 rings (SSSR count). The van der Waals surface area contributed by atoms with Crippen molar-refractivity contribution in [2.45, 2.75) is 65.1 Å². The third kappa shape index (κ3) is 4.37. The van der Waals surface area contributed by atoms with Crippen LogP contribution in [0.1, 0.15) is 47.9 Å². The maximum atomic E-state index is 11.1. The molecule has 0 spiro atoms. The van der Waals surface area contributed by atoms with Crippen molar-refractivity contribution < 1.29 is 9.90 Å². The molecule has 2 saturated carbocycles. The Morgan fingerprint density at radius 1 is 1.17 bits per heavy atom. The number of nitrogens with one attached hydrogen (secondary N) is 1. The maximum absolute atomic E-state index is 11.1. The van der Waals surface area contributed by atoms with Crippen molar-refractivity contribution in [3.63, 3.8) is 0 Å². The van der Waals surface area contributed by atoms with Gasteiger partial charge in [-0.15, -0.1) is 0 Å². The van der Waals surface area contributed by atoms with Crippen LogP contribution in [0.25, 0.3) is 0 Å². The fourth-order valence-electron chi connectivity index (χ4n) is 3.67. The molecule has 4 nitrogen and oxygen atoms in total. The summed E-state index contributed by atoms with van der Waals surface area (Å²) < 4.78 is 0. The molecule has 2 fully saturated rings. The molecule has 1 aromatic carbocycles. The summed E-state index contributed by atoms with van der Waals surface area (Å²) in [5, 5.41) is 12.8. The molecule has 0 atom stereocenters. The minimum atomic E-state index is -0.696. The van der Waals surface area contributed by atoms with Crippen LogP contribution in [0.15, 0.2) is 12.1 Å². The van der Waals surface area contributed by atoms with Crippen LogP contribution in [0.3, 0.4) is 0 Å². The van der Waals surface area contributed by atoms with E-state index in [1.165, 1.54) is 35.1 Å². The highest BCUT2D eigenvalue weighted by Crippen LogP contribution is 2.33. The van der Waals surface area contributed by atoms with Gasteiger partial charge in [0.2, 0.25) is 0 Å². The SMILES string of the molecule is Cc1cc(C)c(CNC2CC(N(CC(=O)O)CC3CC3)C2)cc1C. The molecule has 0 bridgehead atoms. The summed E-state index contributed by atoms with van der Waals surface area (Å²) in [4.78, 5) is 13.3. The molecule has 0 unspecified atom stereocenters. The lowest BCUT2D eigenvalue weighted by molar-refractivity contribution is -0.139. The van der Waals surface area contributed by atoms with Crippen LogP contribution in [-0.4, -0.2) is 41.1 Å². The van der Waals surface area contributed by atoms with Crippen LogP contribution in [0.2, 0.25) is 0 Å². The number of carbonyl (C=O) groups is 1. The van der Waals surface area contributed by atoms with Gasteiger partial charge >= 0.3 is 5.97 Å². The molecule has 132 valence electrons. The molecule has 0 aliphatic heterocycles. The monoisotopic (exact) mass is 330 g/mol. The van der Waals surface area contributed by atoms with Crippen molar-refractivity contribution in [2.75, 3.05) is 13.1 Å². The summed E-state index contributed by atoms with van der Waals surface area (Å²) >= 11 is 0. The summed E-state index contributed by atoms with van der Waals surface area (Å²) in [7, 11) is 0. The number of hydrogen-bond acceptors (Lipinski definition) is 3. The van der Waals surface area contributed by atoms with Crippen LogP contribution in [0, 0.1) is 26.7 Å². The standard InChI is InChI=1S/C20H30N2O2/c1-13-6-15(3)17(7-14(13)2)10-21-18-8-19(9-18)22(12-20(23)24)11-16-4-5-16/h6-7,16,18-19,21H,4-5,8-12H2,1-3H3,(H,23,24). The third-order valence-electron chi connectivity index (χ3n) is 5.69. The lowest BCUT2D eigenvalue weighted by Gasteiger charge is -2.43. The molecule has 2 aliphatic carbocycles. The highest BCUT2D eigenvalue weighted by atomic mass is 16.4. The second-order valence-corrected chi connectivity index (χ2v) is 7.83. The number of carboxylic acids is 1. The molecule has 2 N–H and O–H groups in total. The van der Waals surface area contributed by atoms with Crippen LogP contribution in [0.5, 0.6) is 0 Å². The Labute approximate surface area is 145 Å². The van der Waals surface area contributed by atoms with Gasteiger partial charge in [-0.2, -0.15) is 0 Å². The normalized spacial score (nSPS) is 23.3. The summed E-state index contributed by atoms with van der Waals surface area (Å²) in [5.74, 6) is 0.0485. The van der Waals surface area contributed by atoms with E-state index in [1.54, 1.807) is 0 Å². The molecular weight excluding hydrogens is 300 g/mol. The van der Waals surface area contributed by atoms with Crippen LogP contribution in [0.4, 0.5) is 0 Å². The van der Waals surface area contributed by atoms with Gasteiger partial charge in [-0.25, -0.2) is 0 Å². The third-order valence-corrected chi connectivity index (χ3v) is 5.69. The van der Waals surface area contributed by atoms with Gasteiger partial charge in [-0.1, -0.05) is 12.1 Å². The second-order valence-electron chi connectivity index (χ2n) is 7.83. The Morgan fingerprint density at radius 2 is 1.83 bits per heavy atom. The second kappa shape index (κ2) is 7.24. The molecule has 1 aromatic rings. The first-order valence-corrected chi connectivity index (χ1v) is 9.18. The molecule has 24 heavy (non-hydrogen) atoms. The summed E-state index contributed by atoms with van der Waals surface area (Å²) in [6.45, 7) is 8.58. The van der Waals surface area contributed by atoms with Gasteiger partial charge in [-0.3, -0.25) is 9.69 Å². The largest absolute Gasteiger partial charge is 0.480 e. The number of aliphatic carboxylic acids is 1. The summed E-state index contributed by atoms with van der Waals surface area (Å²) in [6.07, 6.45) is 4.70. The summed E-state index contributed by atoms with van der Waals surface area (Å²) in [6, 6.07) is 5.52. The minimum absolute atomic E-state index is 0.199. The number of carboxylic acid groups (broad SMARTS) is 1. The quantitative estimate of drug-likeness (QED) is 0.769. The van der Waals surface area contributed by atoms with Crippen molar-refractivity contribution in [1.82, 2.24) is 10.2 Å². The van der Waals surface area contributed by atoms with E-state index >= 15 is 0 Å². The van der Waals surface area contributed by atoms with E-state index in [4.69, 9.17) is 5.11 Å². The van der Waals surface area contributed by atoms with Crippen LogP contribution >= 0.6 is 0 Å². The lowest BCUT2D eigenvalue weighted by atomic mass is 9.85. The van der Waals surface area contributed by atoms with Gasteiger partial charge in [-0.05, 0) is 74.6 Å². The topological polar surface area (TPSA) is 52.6 Å². The van der Waals surface area contributed by atoms with E-state index in [0.717, 1.165) is 31.8 Å². The van der Waals surface area contributed by atoms with E-state index in [1.807, 2.05) is 0 Å². The molecular formula is C20H30N2O2. The number of hydrogen-bond donors (Lipinski definition) is 2. The molecule has 0 amide bonds.